The SMILES string of the molecule is CCCCCCCCCC/C=C\CCCCCCCCCCCCCCCCCCCC(=O)NC(CO)C(O)CCCCCCCCCCCCCCCCCCCCCCCCCCC. The number of allylic oxidation sites excluding steroid dienone is 2. The molecular weight excluding hydrogens is 807 g/mol. The summed E-state index contributed by atoms with van der Waals surface area (Å²) < 4.78 is 0. The Labute approximate surface area is 416 Å². The van der Waals surface area contributed by atoms with Gasteiger partial charge in [0.15, 0.2) is 0 Å². The van der Waals surface area contributed by atoms with Crippen molar-refractivity contribution in [2.75, 3.05) is 6.61 Å². The first-order chi connectivity index (χ1) is 32.7. The molecule has 0 bridgehead atoms. The maximum atomic E-state index is 12.5. The third-order valence-corrected chi connectivity index (χ3v) is 14.8. The minimum Gasteiger partial charge on any atom is -0.394 e. The Bertz CT molecular complexity index is 921. The van der Waals surface area contributed by atoms with Crippen molar-refractivity contribution in [1.29, 1.82) is 0 Å². The van der Waals surface area contributed by atoms with Gasteiger partial charge in [-0.1, -0.05) is 328 Å². The average Bonchev–Trinajstić information content (AvgIpc) is 3.32. The van der Waals surface area contributed by atoms with Gasteiger partial charge in [-0.05, 0) is 38.5 Å². The first-order valence-electron chi connectivity index (χ1n) is 30.9. The lowest BCUT2D eigenvalue weighted by molar-refractivity contribution is -0.123. The molecule has 0 aromatic rings. The van der Waals surface area contributed by atoms with Crippen molar-refractivity contribution in [3.63, 3.8) is 0 Å². The van der Waals surface area contributed by atoms with Gasteiger partial charge >= 0.3 is 0 Å². The standard InChI is InChI=1S/C62H123NO3/c1-3-5-7-9-11-13-15-17-19-21-23-25-27-29-30-31-32-34-36-38-40-42-44-46-48-50-52-54-56-58-62(66)63-60(59-64)61(65)57-55-53-51-49-47-45-43-41-39-37-35-33-28-26-24-22-20-18-16-14-12-10-8-6-4-2/h21,23,60-61,64-65H,3-20,22,24-59H2,1-2H3,(H,63,66)/b23-21-. The van der Waals surface area contributed by atoms with E-state index in [1.54, 1.807) is 0 Å². The summed E-state index contributed by atoms with van der Waals surface area (Å²) >= 11 is 0. The smallest absolute Gasteiger partial charge is 0.220 e. The van der Waals surface area contributed by atoms with Gasteiger partial charge in [-0.25, -0.2) is 0 Å². The van der Waals surface area contributed by atoms with Crippen LogP contribution in [0, 0.1) is 0 Å². The van der Waals surface area contributed by atoms with Gasteiger partial charge in [0.05, 0.1) is 18.8 Å². The monoisotopic (exact) mass is 930 g/mol. The number of carbonyl (C=O) groups excluding carboxylic acids is 1. The molecule has 394 valence electrons. The lowest BCUT2D eigenvalue weighted by Gasteiger charge is -2.22. The van der Waals surface area contributed by atoms with Crippen molar-refractivity contribution in [1.82, 2.24) is 5.32 Å². The van der Waals surface area contributed by atoms with Crippen molar-refractivity contribution in [3.8, 4) is 0 Å². The summed E-state index contributed by atoms with van der Waals surface area (Å²) in [6.45, 7) is 4.41. The maximum absolute atomic E-state index is 12.5. The fourth-order valence-electron chi connectivity index (χ4n) is 10.1. The van der Waals surface area contributed by atoms with Gasteiger partial charge in [-0.2, -0.15) is 0 Å². The molecule has 0 spiro atoms. The fraction of sp³-hybridized carbons (Fsp3) is 0.952. The van der Waals surface area contributed by atoms with Gasteiger partial charge < -0.3 is 15.5 Å². The molecule has 0 aromatic carbocycles. The van der Waals surface area contributed by atoms with E-state index in [-0.39, 0.29) is 12.5 Å². The molecule has 4 heteroatoms. The third-order valence-electron chi connectivity index (χ3n) is 14.8. The molecule has 0 heterocycles. The van der Waals surface area contributed by atoms with Crippen LogP contribution in [0.2, 0.25) is 0 Å². The van der Waals surface area contributed by atoms with Crippen molar-refractivity contribution in [2.45, 2.75) is 373 Å². The van der Waals surface area contributed by atoms with Crippen LogP contribution >= 0.6 is 0 Å². The number of rotatable bonds is 58. The average molecular weight is 931 g/mol. The summed E-state index contributed by atoms with van der Waals surface area (Å²) in [7, 11) is 0. The lowest BCUT2D eigenvalue weighted by Crippen LogP contribution is -2.45. The Morgan fingerprint density at radius 1 is 0.348 bits per heavy atom. The van der Waals surface area contributed by atoms with Gasteiger partial charge in [0.1, 0.15) is 0 Å². The van der Waals surface area contributed by atoms with Gasteiger partial charge in [-0.15, -0.1) is 0 Å². The number of hydrogen-bond acceptors (Lipinski definition) is 3. The van der Waals surface area contributed by atoms with E-state index >= 15 is 0 Å². The van der Waals surface area contributed by atoms with E-state index in [2.05, 4.69) is 31.3 Å². The predicted octanol–water partition coefficient (Wildman–Crippen LogP) is 20.5. The molecule has 0 aliphatic carbocycles. The summed E-state index contributed by atoms with van der Waals surface area (Å²) in [4.78, 5) is 12.5. The third kappa shape index (κ3) is 54.1. The molecule has 0 rings (SSSR count). The number of aliphatic hydroxyl groups excluding tert-OH is 2. The summed E-state index contributed by atoms with van der Waals surface area (Å²) in [5, 5.41) is 23.4. The Balaban J connectivity index is 3.40. The summed E-state index contributed by atoms with van der Waals surface area (Å²) in [6, 6.07) is -0.534. The molecule has 2 atom stereocenters. The minimum absolute atomic E-state index is 0.0226. The second kappa shape index (κ2) is 58.4. The quantitative estimate of drug-likeness (QED) is 0.0420. The summed E-state index contributed by atoms with van der Waals surface area (Å²) in [5.74, 6) is -0.0226. The maximum Gasteiger partial charge on any atom is 0.220 e. The van der Waals surface area contributed by atoms with Crippen molar-refractivity contribution in [3.05, 3.63) is 12.2 Å². The van der Waals surface area contributed by atoms with Crippen LogP contribution in [-0.2, 0) is 4.79 Å². The number of carbonyl (C=O) groups is 1. The zero-order valence-electron chi connectivity index (χ0n) is 45.5. The van der Waals surface area contributed by atoms with Gasteiger partial charge in [0.2, 0.25) is 5.91 Å². The van der Waals surface area contributed by atoms with Crippen LogP contribution in [0.25, 0.3) is 0 Å². The van der Waals surface area contributed by atoms with Crippen LogP contribution in [0.1, 0.15) is 361 Å². The van der Waals surface area contributed by atoms with Crippen LogP contribution in [0.4, 0.5) is 0 Å². The second-order valence-electron chi connectivity index (χ2n) is 21.5. The minimum atomic E-state index is -0.657. The van der Waals surface area contributed by atoms with Crippen LogP contribution in [-0.4, -0.2) is 34.9 Å². The number of amides is 1. The molecule has 3 N–H and O–H groups in total. The fourth-order valence-corrected chi connectivity index (χ4v) is 10.1. The number of unbranched alkanes of at least 4 members (excludes halogenated alkanes) is 49. The predicted molar refractivity (Wildman–Crippen MR) is 295 cm³/mol. The normalized spacial score (nSPS) is 12.7. The van der Waals surface area contributed by atoms with E-state index in [9.17, 15) is 15.0 Å². The van der Waals surface area contributed by atoms with Crippen LogP contribution in [0.3, 0.4) is 0 Å². The molecule has 0 aliphatic heterocycles. The first-order valence-corrected chi connectivity index (χ1v) is 30.9. The molecule has 0 aliphatic rings. The zero-order valence-corrected chi connectivity index (χ0v) is 45.5. The highest BCUT2D eigenvalue weighted by Gasteiger charge is 2.20. The highest BCUT2D eigenvalue weighted by atomic mass is 16.3. The number of aliphatic hydroxyl groups is 2. The van der Waals surface area contributed by atoms with E-state index in [4.69, 9.17) is 0 Å². The van der Waals surface area contributed by atoms with Crippen LogP contribution < -0.4 is 5.32 Å². The van der Waals surface area contributed by atoms with E-state index in [0.29, 0.717) is 12.8 Å². The number of nitrogens with one attached hydrogen (secondary N) is 1. The molecule has 66 heavy (non-hydrogen) atoms. The molecule has 1 amide bonds. The topological polar surface area (TPSA) is 69.6 Å². The second-order valence-corrected chi connectivity index (χ2v) is 21.5. The Hall–Kier alpha value is -0.870. The van der Waals surface area contributed by atoms with Crippen LogP contribution in [0.5, 0.6) is 0 Å². The Morgan fingerprint density at radius 3 is 0.833 bits per heavy atom. The lowest BCUT2D eigenvalue weighted by atomic mass is 10.0. The van der Waals surface area contributed by atoms with E-state index < -0.39 is 12.1 Å². The van der Waals surface area contributed by atoms with Crippen molar-refractivity contribution < 1.29 is 15.0 Å². The van der Waals surface area contributed by atoms with E-state index in [1.165, 1.54) is 308 Å². The van der Waals surface area contributed by atoms with E-state index in [1.807, 2.05) is 0 Å². The largest absolute Gasteiger partial charge is 0.394 e. The van der Waals surface area contributed by atoms with Gasteiger partial charge in [0.25, 0.3) is 0 Å². The molecule has 0 fully saturated rings. The van der Waals surface area contributed by atoms with Crippen molar-refractivity contribution >= 4 is 5.91 Å². The molecule has 4 nitrogen and oxygen atoms in total. The van der Waals surface area contributed by atoms with Crippen molar-refractivity contribution in [2.24, 2.45) is 0 Å². The first kappa shape index (κ1) is 65.1. The Morgan fingerprint density at radius 2 is 0.576 bits per heavy atom. The highest BCUT2D eigenvalue weighted by molar-refractivity contribution is 5.76. The molecule has 0 radical (unpaired) electrons. The highest BCUT2D eigenvalue weighted by Crippen LogP contribution is 2.19. The molecular formula is C62H123NO3. The van der Waals surface area contributed by atoms with Gasteiger partial charge in [0, 0.05) is 6.42 Å². The zero-order chi connectivity index (χ0) is 47.7. The Kier molecular flexibility index (Phi) is 57.7. The van der Waals surface area contributed by atoms with E-state index in [0.717, 1.165) is 25.7 Å². The molecule has 0 saturated carbocycles. The van der Waals surface area contributed by atoms with Crippen LogP contribution in [0.15, 0.2) is 12.2 Å². The summed E-state index contributed by atoms with van der Waals surface area (Å²) in [6.07, 6.45) is 76.6. The summed E-state index contributed by atoms with van der Waals surface area (Å²) in [5.41, 5.74) is 0. The molecule has 2 unspecified atom stereocenters. The molecule has 0 saturated heterocycles. The van der Waals surface area contributed by atoms with Gasteiger partial charge in [-0.3, -0.25) is 4.79 Å². The molecule has 0 aromatic heterocycles. The number of hydrogen-bond donors (Lipinski definition) is 3.